The van der Waals surface area contributed by atoms with Gasteiger partial charge >= 0.3 is 0 Å². The number of hydrogen-bond donors (Lipinski definition) is 1. The summed E-state index contributed by atoms with van der Waals surface area (Å²) < 4.78 is 5.16. The van der Waals surface area contributed by atoms with Gasteiger partial charge in [-0.2, -0.15) is 0 Å². The van der Waals surface area contributed by atoms with Gasteiger partial charge in [0.2, 0.25) is 0 Å². The lowest BCUT2D eigenvalue weighted by Crippen LogP contribution is -2.32. The predicted molar refractivity (Wildman–Crippen MR) is 116 cm³/mol. The maximum absolute atomic E-state index is 13.1. The number of aliphatic hydroxyl groups is 1. The highest BCUT2D eigenvalue weighted by Gasteiger charge is 2.46. The van der Waals surface area contributed by atoms with Crippen LogP contribution in [0, 0.1) is 6.92 Å². The van der Waals surface area contributed by atoms with Crippen LogP contribution in [0.15, 0.2) is 72.3 Å². The Labute approximate surface area is 175 Å². The van der Waals surface area contributed by atoms with Gasteiger partial charge in [0.1, 0.15) is 5.76 Å². The molecule has 1 N–H and O–H groups in total. The van der Waals surface area contributed by atoms with E-state index in [0.29, 0.717) is 12.2 Å². The fourth-order valence-corrected chi connectivity index (χ4v) is 4.09. The number of likely N-dealkylation sites (tertiary alicyclic amines) is 1. The first-order chi connectivity index (χ1) is 14.5. The number of nitrogens with zero attached hydrogens (tertiary/aromatic N) is 1. The Kier molecular flexibility index (Phi) is 5.38. The topological polar surface area (TPSA) is 66.8 Å². The molecule has 1 aliphatic heterocycles. The summed E-state index contributed by atoms with van der Waals surface area (Å²) in [4.78, 5) is 27.5. The van der Waals surface area contributed by atoms with E-state index in [9.17, 15) is 14.7 Å². The zero-order chi connectivity index (χ0) is 21.3. The van der Waals surface area contributed by atoms with Crippen molar-refractivity contribution in [2.45, 2.75) is 13.0 Å². The molecule has 5 nitrogen and oxygen atoms in total. The molecule has 0 aliphatic carbocycles. The highest BCUT2D eigenvalue weighted by molar-refractivity contribution is 6.46. The number of aryl methyl sites for hydroxylation is 1. The van der Waals surface area contributed by atoms with Gasteiger partial charge in [-0.05, 0) is 28.8 Å². The van der Waals surface area contributed by atoms with Gasteiger partial charge in [-0.3, -0.25) is 9.59 Å². The normalized spacial score (nSPS) is 18.3. The van der Waals surface area contributed by atoms with Crippen LogP contribution in [0.3, 0.4) is 0 Å². The van der Waals surface area contributed by atoms with Crippen LogP contribution in [0.4, 0.5) is 0 Å². The Morgan fingerprint density at radius 3 is 2.47 bits per heavy atom. The number of benzene rings is 3. The fourth-order valence-electron chi connectivity index (χ4n) is 4.09. The zero-order valence-electron chi connectivity index (χ0n) is 17.0. The van der Waals surface area contributed by atoms with Crippen molar-refractivity contribution in [1.82, 2.24) is 4.90 Å². The van der Waals surface area contributed by atoms with E-state index >= 15 is 0 Å². The van der Waals surface area contributed by atoms with Crippen LogP contribution in [0.1, 0.15) is 22.7 Å². The SMILES string of the molecule is COCCN1C(=O)C(=O)/C(=C(/O)c2cccc3ccccc23)C1c1ccccc1C. The van der Waals surface area contributed by atoms with Crippen LogP contribution in [-0.4, -0.2) is 42.0 Å². The largest absolute Gasteiger partial charge is 0.507 e. The molecule has 0 saturated carbocycles. The molecule has 1 aliphatic rings. The number of fused-ring (bicyclic) bond motifs is 1. The number of carbonyl (C=O) groups excluding carboxylic acids is 2. The Balaban J connectivity index is 1.96. The molecule has 1 saturated heterocycles. The molecular weight excluding hydrogens is 378 g/mol. The quantitative estimate of drug-likeness (QED) is 0.395. The summed E-state index contributed by atoms with van der Waals surface area (Å²) in [5.41, 5.74) is 2.41. The van der Waals surface area contributed by atoms with Gasteiger partial charge in [0, 0.05) is 19.2 Å². The average molecular weight is 401 g/mol. The lowest BCUT2D eigenvalue weighted by Gasteiger charge is -2.26. The van der Waals surface area contributed by atoms with Crippen molar-refractivity contribution in [2.75, 3.05) is 20.3 Å². The number of Topliss-reactive ketones (excluding diaryl/α,β-unsaturated/α-hetero) is 1. The molecule has 0 radical (unpaired) electrons. The Bertz CT molecular complexity index is 1160. The second-order valence-corrected chi connectivity index (χ2v) is 7.37. The number of hydrogen-bond acceptors (Lipinski definition) is 4. The highest BCUT2D eigenvalue weighted by atomic mass is 16.5. The number of amides is 1. The highest BCUT2D eigenvalue weighted by Crippen LogP contribution is 2.41. The minimum absolute atomic E-state index is 0.113. The lowest BCUT2D eigenvalue weighted by molar-refractivity contribution is -0.140. The van der Waals surface area contributed by atoms with E-state index < -0.39 is 17.7 Å². The molecule has 0 spiro atoms. The van der Waals surface area contributed by atoms with Crippen LogP contribution in [0.25, 0.3) is 16.5 Å². The molecule has 1 heterocycles. The zero-order valence-corrected chi connectivity index (χ0v) is 17.0. The van der Waals surface area contributed by atoms with Gasteiger partial charge < -0.3 is 14.7 Å². The molecule has 1 amide bonds. The van der Waals surface area contributed by atoms with Crippen LogP contribution in [-0.2, 0) is 14.3 Å². The van der Waals surface area contributed by atoms with Crippen molar-refractivity contribution in [1.29, 1.82) is 0 Å². The van der Waals surface area contributed by atoms with Gasteiger partial charge in [-0.1, -0.05) is 66.7 Å². The first kappa shape index (κ1) is 19.9. The number of ketones is 1. The molecule has 0 aromatic heterocycles. The summed E-state index contributed by atoms with van der Waals surface area (Å²) in [6.07, 6.45) is 0. The predicted octanol–water partition coefficient (Wildman–Crippen LogP) is 4.22. The summed E-state index contributed by atoms with van der Waals surface area (Å²) in [7, 11) is 1.55. The van der Waals surface area contributed by atoms with Crippen molar-refractivity contribution >= 4 is 28.2 Å². The van der Waals surface area contributed by atoms with Gasteiger partial charge in [0.25, 0.3) is 11.7 Å². The molecule has 152 valence electrons. The van der Waals surface area contributed by atoms with Crippen molar-refractivity contribution in [2.24, 2.45) is 0 Å². The maximum atomic E-state index is 13.1. The number of ether oxygens (including phenoxy) is 1. The summed E-state index contributed by atoms with van der Waals surface area (Å²) >= 11 is 0. The molecule has 1 fully saturated rings. The number of rotatable bonds is 5. The molecule has 3 aromatic carbocycles. The third-order valence-electron chi connectivity index (χ3n) is 5.60. The van der Waals surface area contributed by atoms with Gasteiger partial charge in [-0.25, -0.2) is 0 Å². The van der Waals surface area contributed by atoms with E-state index in [1.54, 1.807) is 13.2 Å². The monoisotopic (exact) mass is 401 g/mol. The van der Waals surface area contributed by atoms with Gasteiger partial charge in [-0.15, -0.1) is 0 Å². The van der Waals surface area contributed by atoms with Crippen molar-refractivity contribution < 1.29 is 19.4 Å². The number of carbonyl (C=O) groups is 2. The summed E-state index contributed by atoms with van der Waals surface area (Å²) in [6.45, 7) is 2.49. The standard InChI is InChI=1S/C25H23NO4/c1-16-8-3-5-11-18(16)22-21(24(28)25(29)26(22)14-15-30-2)23(27)20-13-7-10-17-9-4-6-12-19(17)20/h3-13,22,27H,14-15H2,1-2H3/b23-21+. The lowest BCUT2D eigenvalue weighted by atomic mass is 9.91. The molecule has 30 heavy (non-hydrogen) atoms. The van der Waals surface area contributed by atoms with E-state index in [-0.39, 0.29) is 17.9 Å². The first-order valence-corrected chi connectivity index (χ1v) is 9.85. The van der Waals surface area contributed by atoms with E-state index in [1.165, 1.54) is 4.90 Å². The van der Waals surface area contributed by atoms with Gasteiger partial charge in [0.15, 0.2) is 0 Å². The Morgan fingerprint density at radius 1 is 1.00 bits per heavy atom. The van der Waals surface area contributed by atoms with E-state index in [0.717, 1.165) is 21.9 Å². The maximum Gasteiger partial charge on any atom is 0.295 e. The van der Waals surface area contributed by atoms with Crippen molar-refractivity contribution in [3.05, 3.63) is 89.0 Å². The fraction of sp³-hybridized carbons (Fsp3) is 0.200. The molecule has 1 atom stereocenters. The third-order valence-corrected chi connectivity index (χ3v) is 5.60. The average Bonchev–Trinajstić information content (AvgIpc) is 3.01. The minimum Gasteiger partial charge on any atom is -0.507 e. The summed E-state index contributed by atoms with van der Waals surface area (Å²) in [5.74, 6) is -1.45. The second-order valence-electron chi connectivity index (χ2n) is 7.37. The van der Waals surface area contributed by atoms with E-state index in [2.05, 4.69) is 0 Å². The number of methoxy groups -OCH3 is 1. The minimum atomic E-state index is -0.676. The Hall–Kier alpha value is -3.44. The van der Waals surface area contributed by atoms with Crippen LogP contribution < -0.4 is 0 Å². The van der Waals surface area contributed by atoms with Crippen molar-refractivity contribution in [3.63, 3.8) is 0 Å². The molecule has 4 rings (SSSR count). The smallest absolute Gasteiger partial charge is 0.295 e. The van der Waals surface area contributed by atoms with E-state index in [4.69, 9.17) is 4.74 Å². The van der Waals surface area contributed by atoms with E-state index in [1.807, 2.05) is 67.6 Å². The summed E-state index contributed by atoms with van der Waals surface area (Å²) in [5, 5.41) is 13.1. The van der Waals surface area contributed by atoms with Crippen LogP contribution in [0.5, 0.6) is 0 Å². The molecule has 3 aromatic rings. The summed E-state index contributed by atoms with van der Waals surface area (Å²) in [6, 6.07) is 20.1. The molecule has 1 unspecified atom stereocenters. The Morgan fingerprint density at radius 2 is 1.70 bits per heavy atom. The third kappa shape index (κ3) is 3.27. The second kappa shape index (κ2) is 8.13. The van der Waals surface area contributed by atoms with Crippen LogP contribution >= 0.6 is 0 Å². The first-order valence-electron chi connectivity index (χ1n) is 9.85. The molecular formula is C25H23NO4. The van der Waals surface area contributed by atoms with Crippen molar-refractivity contribution in [3.8, 4) is 0 Å². The van der Waals surface area contributed by atoms with Gasteiger partial charge in [0.05, 0.1) is 18.2 Å². The van der Waals surface area contributed by atoms with Crippen LogP contribution in [0.2, 0.25) is 0 Å². The molecule has 0 bridgehead atoms. The number of aliphatic hydroxyl groups excluding tert-OH is 1. The molecule has 5 heteroatoms.